The minimum Gasteiger partial charge on any atom is -0.475 e. The van der Waals surface area contributed by atoms with Crippen LogP contribution in [0.25, 0.3) is 0 Å². The molecule has 3 aromatic carbocycles. The van der Waals surface area contributed by atoms with Gasteiger partial charge in [0.25, 0.3) is 0 Å². The summed E-state index contributed by atoms with van der Waals surface area (Å²) in [7, 11) is -0.899. The second kappa shape index (κ2) is 12.5. The molecule has 0 spiro atoms. The Bertz CT molecular complexity index is 1300. The highest BCUT2D eigenvalue weighted by Gasteiger charge is 2.34. The van der Waals surface area contributed by atoms with Gasteiger partial charge in [-0.15, -0.1) is 0 Å². The summed E-state index contributed by atoms with van der Waals surface area (Å²) in [5.74, 6) is 2.95. The topological polar surface area (TPSA) is 43.2 Å². The lowest BCUT2D eigenvalue weighted by molar-refractivity contribution is 0.240. The number of hydrogen-bond acceptors (Lipinski definition) is 4. The average molecular weight is 565 g/mol. The maximum absolute atomic E-state index is 6.39. The minimum atomic E-state index is -0.899. The van der Waals surface area contributed by atoms with Crippen LogP contribution >= 0.6 is 7.92 Å². The zero-order valence-corrected chi connectivity index (χ0v) is 24.9. The predicted octanol–water partition coefficient (Wildman–Crippen LogP) is 6.90. The van der Waals surface area contributed by atoms with Crippen LogP contribution in [0, 0.1) is 11.8 Å². The molecule has 2 saturated carbocycles. The van der Waals surface area contributed by atoms with Crippen LogP contribution in [0.2, 0.25) is 0 Å². The molecule has 41 heavy (non-hydrogen) atoms. The second-order valence-electron chi connectivity index (χ2n) is 12.1. The van der Waals surface area contributed by atoms with Gasteiger partial charge in [0.2, 0.25) is 11.8 Å². The van der Waals surface area contributed by atoms with E-state index in [1.165, 1.54) is 80.1 Å². The van der Waals surface area contributed by atoms with E-state index in [4.69, 9.17) is 19.5 Å². The Morgan fingerprint density at radius 2 is 0.951 bits per heavy atom. The standard InChI is InChI=1S/C36H41N2O2P/c1-4-14-26(15-5-1)31-24-39-35(37-31)29-20-10-12-22-33(29)41(28-18-8-3-9-19-28)34-23-13-11-21-30(34)36-38-32(25-40-36)27-16-6-2-7-17-27/h3,8-13,18-23,26-27,31-32H,1-2,4-7,14-17,24-25H2/t31-,32-/m1/s1. The first-order valence-electron chi connectivity index (χ1n) is 15.8. The van der Waals surface area contributed by atoms with Crippen molar-refractivity contribution in [3.05, 3.63) is 90.0 Å². The monoisotopic (exact) mass is 564 g/mol. The molecule has 5 heteroatoms. The highest BCUT2D eigenvalue weighted by atomic mass is 31.1. The first kappa shape index (κ1) is 26.9. The van der Waals surface area contributed by atoms with Crippen LogP contribution in [-0.4, -0.2) is 37.1 Å². The average Bonchev–Trinajstić information content (AvgIpc) is 3.75. The Labute approximate surface area is 246 Å². The molecule has 0 saturated heterocycles. The summed E-state index contributed by atoms with van der Waals surface area (Å²) in [6.07, 6.45) is 13.1. The Hall–Kier alpha value is -2.97. The van der Waals surface area contributed by atoms with Crippen LogP contribution in [0.3, 0.4) is 0 Å². The van der Waals surface area contributed by atoms with E-state index in [0.717, 1.165) is 22.9 Å². The third-order valence-corrected chi connectivity index (χ3v) is 12.1. The molecule has 2 fully saturated rings. The number of aliphatic imine (C=N–C) groups is 2. The number of nitrogens with zero attached hydrogens (tertiary/aromatic N) is 2. The van der Waals surface area contributed by atoms with E-state index in [1.54, 1.807) is 0 Å². The van der Waals surface area contributed by atoms with Crippen molar-refractivity contribution < 1.29 is 9.47 Å². The molecule has 2 heterocycles. The third kappa shape index (κ3) is 5.73. The van der Waals surface area contributed by atoms with Crippen LogP contribution in [0.4, 0.5) is 0 Å². The molecule has 212 valence electrons. The molecule has 0 amide bonds. The molecule has 3 aromatic rings. The van der Waals surface area contributed by atoms with Gasteiger partial charge in [0.15, 0.2) is 0 Å². The second-order valence-corrected chi connectivity index (χ2v) is 14.3. The Kier molecular flexibility index (Phi) is 8.20. The summed E-state index contributed by atoms with van der Waals surface area (Å²) in [5.41, 5.74) is 2.26. The Morgan fingerprint density at radius 3 is 1.44 bits per heavy atom. The van der Waals surface area contributed by atoms with Gasteiger partial charge in [0.05, 0.1) is 12.1 Å². The number of ether oxygens (including phenoxy) is 2. The maximum Gasteiger partial charge on any atom is 0.217 e. The first-order chi connectivity index (χ1) is 20.3. The SMILES string of the molecule is c1ccc(P(c2ccccc2C2=N[C@@H](C3CCCCC3)CO2)c2ccccc2C2=N[C@@H](C3CCCCC3)CO2)cc1. The van der Waals surface area contributed by atoms with E-state index in [-0.39, 0.29) is 12.1 Å². The van der Waals surface area contributed by atoms with Gasteiger partial charge in [-0.1, -0.05) is 105 Å². The highest BCUT2D eigenvalue weighted by molar-refractivity contribution is 7.80. The van der Waals surface area contributed by atoms with E-state index in [2.05, 4.69) is 78.9 Å². The molecule has 0 aromatic heterocycles. The summed E-state index contributed by atoms with van der Waals surface area (Å²) in [5, 5.41) is 3.88. The van der Waals surface area contributed by atoms with Crippen molar-refractivity contribution in [1.82, 2.24) is 0 Å². The summed E-state index contributed by atoms with van der Waals surface area (Å²) in [4.78, 5) is 10.5. The largest absolute Gasteiger partial charge is 0.475 e. The van der Waals surface area contributed by atoms with Crippen molar-refractivity contribution >= 4 is 35.6 Å². The lowest BCUT2D eigenvalue weighted by Crippen LogP contribution is -2.28. The van der Waals surface area contributed by atoms with Crippen molar-refractivity contribution in [2.45, 2.75) is 76.3 Å². The normalized spacial score (nSPS) is 23.6. The van der Waals surface area contributed by atoms with Gasteiger partial charge in [-0.05, 0) is 73.5 Å². The van der Waals surface area contributed by atoms with Gasteiger partial charge in [0, 0.05) is 11.1 Å². The molecule has 0 N–H and O–H groups in total. The van der Waals surface area contributed by atoms with Crippen LogP contribution < -0.4 is 15.9 Å². The quantitative estimate of drug-likeness (QED) is 0.293. The smallest absolute Gasteiger partial charge is 0.217 e. The fourth-order valence-electron chi connectivity index (χ4n) is 7.28. The van der Waals surface area contributed by atoms with E-state index >= 15 is 0 Å². The maximum atomic E-state index is 6.39. The van der Waals surface area contributed by atoms with Crippen molar-refractivity contribution in [1.29, 1.82) is 0 Å². The molecule has 0 unspecified atom stereocenters. The van der Waals surface area contributed by atoms with Gasteiger partial charge in [-0.3, -0.25) is 0 Å². The fraction of sp³-hybridized carbons (Fsp3) is 0.444. The Balaban J connectivity index is 1.28. The van der Waals surface area contributed by atoms with Gasteiger partial charge >= 0.3 is 0 Å². The zero-order chi connectivity index (χ0) is 27.4. The molecule has 2 aliphatic heterocycles. The summed E-state index contributed by atoms with van der Waals surface area (Å²) >= 11 is 0. The van der Waals surface area contributed by atoms with Gasteiger partial charge in [-0.2, -0.15) is 0 Å². The van der Waals surface area contributed by atoms with Gasteiger partial charge in [0.1, 0.15) is 13.2 Å². The van der Waals surface area contributed by atoms with Gasteiger partial charge in [-0.25, -0.2) is 9.98 Å². The lowest BCUT2D eigenvalue weighted by atomic mass is 9.84. The Morgan fingerprint density at radius 1 is 0.512 bits per heavy atom. The highest BCUT2D eigenvalue weighted by Crippen LogP contribution is 2.38. The van der Waals surface area contributed by atoms with Crippen molar-refractivity contribution in [2.24, 2.45) is 21.8 Å². The fourth-order valence-corrected chi connectivity index (χ4v) is 9.86. The molecular formula is C36H41N2O2P. The summed E-state index contributed by atoms with van der Waals surface area (Å²) in [6, 6.07) is 29.1. The van der Waals surface area contributed by atoms with Gasteiger partial charge < -0.3 is 9.47 Å². The summed E-state index contributed by atoms with van der Waals surface area (Å²) in [6.45, 7) is 1.42. The van der Waals surface area contributed by atoms with Crippen LogP contribution in [0.5, 0.6) is 0 Å². The van der Waals surface area contributed by atoms with Crippen molar-refractivity contribution in [3.63, 3.8) is 0 Å². The zero-order valence-electron chi connectivity index (χ0n) is 24.0. The number of rotatable bonds is 7. The first-order valence-corrected chi connectivity index (χ1v) is 17.1. The number of hydrogen-bond donors (Lipinski definition) is 0. The molecule has 2 atom stereocenters. The van der Waals surface area contributed by atoms with E-state index in [1.807, 2.05) is 0 Å². The van der Waals surface area contributed by atoms with Crippen molar-refractivity contribution in [2.75, 3.05) is 13.2 Å². The summed E-state index contributed by atoms with van der Waals surface area (Å²) < 4.78 is 12.8. The molecule has 4 aliphatic rings. The molecule has 2 aliphatic carbocycles. The molecular weight excluding hydrogens is 523 g/mol. The van der Waals surface area contributed by atoms with E-state index in [0.29, 0.717) is 25.0 Å². The molecule has 4 nitrogen and oxygen atoms in total. The molecule has 0 bridgehead atoms. The van der Waals surface area contributed by atoms with E-state index in [9.17, 15) is 0 Å². The van der Waals surface area contributed by atoms with Crippen LogP contribution in [-0.2, 0) is 9.47 Å². The van der Waals surface area contributed by atoms with Crippen LogP contribution in [0.15, 0.2) is 88.8 Å². The van der Waals surface area contributed by atoms with Crippen molar-refractivity contribution in [3.8, 4) is 0 Å². The molecule has 7 rings (SSSR count). The minimum absolute atomic E-state index is 0.284. The van der Waals surface area contributed by atoms with Crippen LogP contribution in [0.1, 0.15) is 75.3 Å². The number of benzene rings is 3. The third-order valence-electron chi connectivity index (χ3n) is 9.50. The predicted molar refractivity (Wildman–Crippen MR) is 171 cm³/mol. The molecule has 0 radical (unpaired) electrons. The lowest BCUT2D eigenvalue weighted by Gasteiger charge is -2.24. The van der Waals surface area contributed by atoms with E-state index < -0.39 is 7.92 Å².